The van der Waals surface area contributed by atoms with Gasteiger partial charge in [-0.2, -0.15) is 0 Å². The Balaban J connectivity index is 2.25. The highest BCUT2D eigenvalue weighted by atomic mass is 16.1. The summed E-state index contributed by atoms with van der Waals surface area (Å²) in [7, 11) is 0. The van der Waals surface area contributed by atoms with Crippen LogP contribution >= 0.6 is 0 Å². The Morgan fingerprint density at radius 2 is 1.62 bits per heavy atom. The molecule has 0 aliphatic rings. The molecule has 2 aromatic rings. The molecule has 0 aliphatic carbocycles. The van der Waals surface area contributed by atoms with Gasteiger partial charge >= 0.3 is 0 Å². The fourth-order valence-electron chi connectivity index (χ4n) is 1.52. The molecular formula is C13H12N2O. The molecule has 0 aromatic heterocycles. The van der Waals surface area contributed by atoms with Gasteiger partial charge in [0.25, 0.3) is 0 Å². The molecule has 0 saturated carbocycles. The molecule has 0 bridgehead atoms. The van der Waals surface area contributed by atoms with Gasteiger partial charge in [0.2, 0.25) is 6.41 Å². The first-order valence-corrected chi connectivity index (χ1v) is 5.01. The van der Waals surface area contributed by atoms with Gasteiger partial charge in [-0.05, 0) is 23.3 Å². The Morgan fingerprint density at radius 3 is 2.38 bits per heavy atom. The zero-order valence-corrected chi connectivity index (χ0v) is 8.68. The number of amides is 1. The summed E-state index contributed by atoms with van der Waals surface area (Å²) in [5, 5.41) is 0. The average molecular weight is 212 g/mol. The first kappa shape index (κ1) is 10.2. The van der Waals surface area contributed by atoms with Crippen LogP contribution in [-0.2, 0) is 4.79 Å². The zero-order valence-electron chi connectivity index (χ0n) is 8.68. The molecule has 0 atom stereocenters. The van der Waals surface area contributed by atoms with Gasteiger partial charge in [-0.15, -0.1) is 0 Å². The lowest BCUT2D eigenvalue weighted by atomic mass is 10.1. The minimum atomic E-state index is 0.606. The van der Waals surface area contributed by atoms with Crippen molar-refractivity contribution in [2.75, 3.05) is 5.43 Å². The summed E-state index contributed by atoms with van der Waals surface area (Å²) in [6, 6.07) is 17.9. The fraction of sp³-hybridized carbons (Fsp3) is 0. The Hall–Kier alpha value is -2.29. The monoisotopic (exact) mass is 212 g/mol. The zero-order chi connectivity index (χ0) is 11.2. The smallest absolute Gasteiger partial charge is 0.225 e. The third-order valence-corrected chi connectivity index (χ3v) is 2.25. The summed E-state index contributed by atoms with van der Waals surface area (Å²) < 4.78 is 0. The van der Waals surface area contributed by atoms with E-state index >= 15 is 0 Å². The van der Waals surface area contributed by atoms with Gasteiger partial charge < -0.3 is 0 Å². The first-order valence-electron chi connectivity index (χ1n) is 5.01. The maximum atomic E-state index is 10.2. The van der Waals surface area contributed by atoms with Gasteiger partial charge in [0.1, 0.15) is 0 Å². The van der Waals surface area contributed by atoms with Crippen molar-refractivity contribution in [2.24, 2.45) is 0 Å². The fourth-order valence-corrected chi connectivity index (χ4v) is 1.52. The molecule has 80 valence electrons. The molecule has 0 unspecified atom stereocenters. The number of hydrazine groups is 1. The van der Waals surface area contributed by atoms with Gasteiger partial charge in [-0.3, -0.25) is 15.6 Å². The lowest BCUT2D eigenvalue weighted by molar-refractivity contribution is -0.109. The molecule has 0 aliphatic heterocycles. The molecule has 3 heteroatoms. The molecule has 0 fully saturated rings. The van der Waals surface area contributed by atoms with Crippen LogP contribution in [0.15, 0.2) is 54.6 Å². The lowest BCUT2D eigenvalue weighted by Crippen LogP contribution is -2.18. The Bertz CT molecular complexity index is 468. The molecule has 2 rings (SSSR count). The van der Waals surface area contributed by atoms with Crippen molar-refractivity contribution in [1.29, 1.82) is 0 Å². The maximum absolute atomic E-state index is 10.2. The number of hydrogen-bond donors (Lipinski definition) is 2. The summed E-state index contributed by atoms with van der Waals surface area (Å²) in [6.07, 6.45) is 0.606. The van der Waals surface area contributed by atoms with Crippen molar-refractivity contribution in [2.45, 2.75) is 0 Å². The van der Waals surface area contributed by atoms with E-state index in [1.807, 2.05) is 54.6 Å². The number of rotatable bonds is 4. The number of carbonyl (C=O) groups excluding carboxylic acids is 1. The van der Waals surface area contributed by atoms with Crippen molar-refractivity contribution in [1.82, 2.24) is 5.43 Å². The minimum Gasteiger partial charge on any atom is -0.299 e. The molecule has 2 aromatic carbocycles. The van der Waals surface area contributed by atoms with E-state index in [0.717, 1.165) is 16.8 Å². The topological polar surface area (TPSA) is 41.1 Å². The van der Waals surface area contributed by atoms with E-state index < -0.39 is 0 Å². The molecular weight excluding hydrogens is 200 g/mol. The Kier molecular flexibility index (Phi) is 3.18. The number of carbonyl (C=O) groups is 1. The normalized spacial score (nSPS) is 9.50. The number of benzene rings is 2. The van der Waals surface area contributed by atoms with Crippen molar-refractivity contribution < 1.29 is 4.79 Å². The molecule has 0 heterocycles. The highest BCUT2D eigenvalue weighted by Gasteiger charge is 1.97. The summed E-state index contributed by atoms with van der Waals surface area (Å²) in [5.41, 5.74) is 8.31. The van der Waals surface area contributed by atoms with Crippen molar-refractivity contribution in [3.8, 4) is 11.1 Å². The second-order valence-corrected chi connectivity index (χ2v) is 3.33. The van der Waals surface area contributed by atoms with Gasteiger partial charge in [0, 0.05) is 0 Å². The maximum Gasteiger partial charge on any atom is 0.225 e. The summed E-state index contributed by atoms with van der Waals surface area (Å²) in [6.45, 7) is 0. The molecule has 0 saturated heterocycles. The quantitative estimate of drug-likeness (QED) is 0.603. The van der Waals surface area contributed by atoms with Crippen LogP contribution in [0.2, 0.25) is 0 Å². The SMILES string of the molecule is O=CNNc1cccc(-c2ccccc2)c1. The van der Waals surface area contributed by atoms with Crippen LogP contribution in [0, 0.1) is 0 Å². The molecule has 1 amide bonds. The van der Waals surface area contributed by atoms with E-state index in [4.69, 9.17) is 0 Å². The standard InChI is InChI=1S/C13H12N2O/c16-10-14-15-13-8-4-7-12(9-13)11-5-2-1-3-6-11/h1-10,15H,(H,14,16). The second-order valence-electron chi connectivity index (χ2n) is 3.33. The van der Waals surface area contributed by atoms with E-state index in [0.29, 0.717) is 6.41 Å². The van der Waals surface area contributed by atoms with Crippen LogP contribution in [0.25, 0.3) is 11.1 Å². The van der Waals surface area contributed by atoms with E-state index in [-0.39, 0.29) is 0 Å². The second kappa shape index (κ2) is 4.98. The van der Waals surface area contributed by atoms with Crippen LogP contribution in [0.4, 0.5) is 5.69 Å². The van der Waals surface area contributed by atoms with Crippen molar-refractivity contribution in [3.63, 3.8) is 0 Å². The minimum absolute atomic E-state index is 0.606. The number of nitrogens with one attached hydrogen (secondary N) is 2. The first-order chi connectivity index (χ1) is 7.90. The highest BCUT2D eigenvalue weighted by molar-refractivity contribution is 5.68. The van der Waals surface area contributed by atoms with E-state index in [9.17, 15) is 4.79 Å². The van der Waals surface area contributed by atoms with Crippen molar-refractivity contribution in [3.05, 3.63) is 54.6 Å². The van der Waals surface area contributed by atoms with Crippen LogP contribution in [-0.4, -0.2) is 6.41 Å². The summed E-state index contributed by atoms with van der Waals surface area (Å²) in [4.78, 5) is 10.2. The molecule has 2 N–H and O–H groups in total. The summed E-state index contributed by atoms with van der Waals surface area (Å²) in [5.74, 6) is 0. The van der Waals surface area contributed by atoms with E-state index in [1.54, 1.807) is 0 Å². The van der Waals surface area contributed by atoms with Gasteiger partial charge in [0.15, 0.2) is 0 Å². The molecule has 0 spiro atoms. The van der Waals surface area contributed by atoms with Gasteiger partial charge in [-0.25, -0.2) is 0 Å². The number of anilines is 1. The van der Waals surface area contributed by atoms with Gasteiger partial charge in [-0.1, -0.05) is 42.5 Å². The van der Waals surface area contributed by atoms with Crippen molar-refractivity contribution >= 4 is 12.1 Å². The average Bonchev–Trinajstić information content (AvgIpc) is 2.38. The van der Waals surface area contributed by atoms with Gasteiger partial charge in [0.05, 0.1) is 5.69 Å². The van der Waals surface area contributed by atoms with Crippen LogP contribution < -0.4 is 10.9 Å². The largest absolute Gasteiger partial charge is 0.299 e. The highest BCUT2D eigenvalue weighted by Crippen LogP contribution is 2.21. The van der Waals surface area contributed by atoms with Crippen LogP contribution in [0.1, 0.15) is 0 Å². The van der Waals surface area contributed by atoms with Crippen LogP contribution in [0.3, 0.4) is 0 Å². The summed E-state index contributed by atoms with van der Waals surface area (Å²) >= 11 is 0. The predicted molar refractivity (Wildman–Crippen MR) is 64.7 cm³/mol. The lowest BCUT2D eigenvalue weighted by Gasteiger charge is -2.06. The molecule has 3 nitrogen and oxygen atoms in total. The molecule has 16 heavy (non-hydrogen) atoms. The number of hydrogen-bond acceptors (Lipinski definition) is 2. The third kappa shape index (κ3) is 2.39. The molecule has 0 radical (unpaired) electrons. The predicted octanol–water partition coefficient (Wildman–Crippen LogP) is 2.43. The third-order valence-electron chi connectivity index (χ3n) is 2.25. The van der Waals surface area contributed by atoms with Crippen LogP contribution in [0.5, 0.6) is 0 Å². The Morgan fingerprint density at radius 1 is 0.875 bits per heavy atom. The van der Waals surface area contributed by atoms with E-state index in [2.05, 4.69) is 10.9 Å². The Labute approximate surface area is 94.1 Å². The van der Waals surface area contributed by atoms with E-state index in [1.165, 1.54) is 0 Å².